The van der Waals surface area contributed by atoms with Gasteiger partial charge in [0.1, 0.15) is 6.61 Å². The van der Waals surface area contributed by atoms with Crippen LogP contribution in [0.3, 0.4) is 0 Å². The highest BCUT2D eigenvalue weighted by molar-refractivity contribution is 7.12. The van der Waals surface area contributed by atoms with Gasteiger partial charge in [0.2, 0.25) is 5.91 Å². The van der Waals surface area contributed by atoms with Gasteiger partial charge >= 0.3 is 0 Å². The molecule has 0 aliphatic carbocycles. The van der Waals surface area contributed by atoms with Crippen molar-refractivity contribution in [3.63, 3.8) is 0 Å². The molecule has 1 unspecified atom stereocenters. The summed E-state index contributed by atoms with van der Waals surface area (Å²) in [5, 5.41) is 2.97. The first kappa shape index (κ1) is 15.2. The fourth-order valence-electron chi connectivity index (χ4n) is 1.72. The first-order valence-electron chi connectivity index (χ1n) is 6.19. The number of hydrogen-bond donors (Lipinski definition) is 1. The van der Waals surface area contributed by atoms with Crippen LogP contribution in [0.5, 0.6) is 0 Å². The van der Waals surface area contributed by atoms with Crippen LogP contribution in [-0.2, 0) is 9.53 Å². The van der Waals surface area contributed by atoms with Gasteiger partial charge in [0.05, 0.1) is 11.6 Å². The molecule has 0 radical (unpaired) electrons. The first-order valence-corrected chi connectivity index (χ1v) is 7.01. The van der Waals surface area contributed by atoms with Gasteiger partial charge in [-0.15, -0.1) is 11.3 Å². The first-order chi connectivity index (χ1) is 8.19. The Kier molecular flexibility index (Phi) is 4.93. The molecule has 1 rings (SSSR count). The van der Waals surface area contributed by atoms with Crippen molar-refractivity contribution in [2.75, 3.05) is 6.61 Å². The van der Waals surface area contributed by atoms with Gasteiger partial charge in [-0.05, 0) is 53.2 Å². The lowest BCUT2D eigenvalue weighted by Crippen LogP contribution is -2.33. The third-order valence-corrected chi connectivity index (χ3v) is 3.54. The van der Waals surface area contributed by atoms with Crippen LogP contribution in [0, 0.1) is 13.8 Å². The van der Waals surface area contributed by atoms with Crippen LogP contribution in [-0.4, -0.2) is 18.1 Å². The van der Waals surface area contributed by atoms with E-state index >= 15 is 0 Å². The van der Waals surface area contributed by atoms with Crippen molar-refractivity contribution >= 4 is 17.2 Å². The minimum Gasteiger partial charge on any atom is -0.366 e. The summed E-state index contributed by atoms with van der Waals surface area (Å²) in [4.78, 5) is 14.3. The Morgan fingerprint density at radius 3 is 2.50 bits per heavy atom. The monoisotopic (exact) mass is 269 g/mol. The number of carbonyl (C=O) groups excluding carboxylic acids is 1. The van der Waals surface area contributed by atoms with Crippen LogP contribution in [0.4, 0.5) is 0 Å². The molecular formula is C14H23NO2S. The van der Waals surface area contributed by atoms with Gasteiger partial charge in [-0.1, -0.05) is 0 Å². The van der Waals surface area contributed by atoms with Gasteiger partial charge in [-0.2, -0.15) is 0 Å². The normalized spacial score (nSPS) is 13.4. The summed E-state index contributed by atoms with van der Waals surface area (Å²) in [5.74, 6) is -0.0688. The SMILES string of the molecule is Cc1cc(C(C)NC(=O)COC(C)(C)C)c(C)s1. The van der Waals surface area contributed by atoms with Crippen LogP contribution in [0.1, 0.15) is 49.1 Å². The number of ether oxygens (including phenoxy) is 1. The topological polar surface area (TPSA) is 38.3 Å². The lowest BCUT2D eigenvalue weighted by Gasteiger charge is -2.20. The number of thiophene rings is 1. The molecule has 1 aromatic rings. The highest BCUT2D eigenvalue weighted by Crippen LogP contribution is 2.26. The number of nitrogens with one attached hydrogen (secondary N) is 1. The zero-order chi connectivity index (χ0) is 13.9. The molecule has 0 saturated carbocycles. The maximum absolute atomic E-state index is 11.8. The highest BCUT2D eigenvalue weighted by atomic mass is 32.1. The van der Waals surface area contributed by atoms with Crippen LogP contribution >= 0.6 is 11.3 Å². The summed E-state index contributed by atoms with van der Waals surface area (Å²) in [7, 11) is 0. The van der Waals surface area contributed by atoms with E-state index in [4.69, 9.17) is 4.74 Å². The lowest BCUT2D eigenvalue weighted by atomic mass is 10.1. The van der Waals surface area contributed by atoms with E-state index in [0.29, 0.717) is 0 Å². The van der Waals surface area contributed by atoms with Crippen molar-refractivity contribution in [2.45, 2.75) is 53.2 Å². The zero-order valence-corrected chi connectivity index (χ0v) is 12.9. The van der Waals surface area contributed by atoms with Crippen LogP contribution in [0.2, 0.25) is 0 Å². The molecule has 0 aromatic carbocycles. The molecule has 0 bridgehead atoms. The summed E-state index contributed by atoms with van der Waals surface area (Å²) in [6.45, 7) is 12.1. The molecule has 18 heavy (non-hydrogen) atoms. The van der Waals surface area contributed by atoms with Crippen molar-refractivity contribution in [3.8, 4) is 0 Å². The van der Waals surface area contributed by atoms with E-state index in [9.17, 15) is 4.79 Å². The molecule has 1 heterocycles. The summed E-state index contributed by atoms with van der Waals surface area (Å²) < 4.78 is 5.45. The Morgan fingerprint density at radius 2 is 2.06 bits per heavy atom. The zero-order valence-electron chi connectivity index (χ0n) is 12.1. The second-order valence-corrected chi connectivity index (χ2v) is 7.02. The van der Waals surface area contributed by atoms with Crippen LogP contribution in [0.25, 0.3) is 0 Å². The largest absolute Gasteiger partial charge is 0.366 e. The van der Waals surface area contributed by atoms with Crippen molar-refractivity contribution in [3.05, 3.63) is 21.4 Å². The standard InChI is InChI=1S/C14H23NO2S/c1-9-7-12(11(3)18-9)10(2)15-13(16)8-17-14(4,5)6/h7,10H,8H2,1-6H3,(H,15,16). The molecule has 102 valence electrons. The van der Waals surface area contributed by atoms with E-state index in [0.717, 1.165) is 0 Å². The fraction of sp³-hybridized carbons (Fsp3) is 0.643. The Hall–Kier alpha value is -0.870. The van der Waals surface area contributed by atoms with Gasteiger partial charge in [-0.3, -0.25) is 4.79 Å². The smallest absolute Gasteiger partial charge is 0.246 e. The molecule has 1 N–H and O–H groups in total. The van der Waals surface area contributed by atoms with Crippen molar-refractivity contribution in [1.29, 1.82) is 0 Å². The summed E-state index contributed by atoms with van der Waals surface area (Å²) in [5.41, 5.74) is 0.914. The predicted octanol–water partition coefficient (Wildman–Crippen LogP) is 3.36. The molecule has 0 aliphatic rings. The Bertz CT molecular complexity index is 418. The number of aryl methyl sites for hydroxylation is 2. The third-order valence-electron chi connectivity index (χ3n) is 2.56. The highest BCUT2D eigenvalue weighted by Gasteiger charge is 2.16. The molecule has 1 amide bonds. The summed E-state index contributed by atoms with van der Waals surface area (Å²) in [6, 6.07) is 2.17. The van der Waals surface area contributed by atoms with E-state index in [1.807, 2.05) is 27.7 Å². The van der Waals surface area contributed by atoms with Gasteiger partial charge in [-0.25, -0.2) is 0 Å². The fourth-order valence-corrected chi connectivity index (χ4v) is 2.75. The minimum absolute atomic E-state index is 0.0334. The Morgan fingerprint density at radius 1 is 1.44 bits per heavy atom. The van der Waals surface area contributed by atoms with Crippen molar-refractivity contribution in [2.24, 2.45) is 0 Å². The van der Waals surface area contributed by atoms with Crippen molar-refractivity contribution in [1.82, 2.24) is 5.32 Å². The molecule has 0 aliphatic heterocycles. The number of rotatable bonds is 4. The molecule has 1 aromatic heterocycles. The molecule has 4 heteroatoms. The maximum Gasteiger partial charge on any atom is 0.246 e. The minimum atomic E-state index is -0.282. The Labute approximate surface area is 114 Å². The van der Waals surface area contributed by atoms with E-state index < -0.39 is 0 Å². The van der Waals surface area contributed by atoms with Crippen molar-refractivity contribution < 1.29 is 9.53 Å². The predicted molar refractivity (Wildman–Crippen MR) is 76.1 cm³/mol. The second kappa shape index (κ2) is 5.85. The summed E-state index contributed by atoms with van der Waals surface area (Å²) in [6.07, 6.45) is 0. The average Bonchev–Trinajstić information content (AvgIpc) is 2.54. The van der Waals surface area contributed by atoms with Gasteiger partial charge in [0.25, 0.3) is 0 Å². The number of hydrogen-bond acceptors (Lipinski definition) is 3. The van der Waals surface area contributed by atoms with Gasteiger partial charge < -0.3 is 10.1 Å². The summed E-state index contributed by atoms with van der Waals surface area (Å²) >= 11 is 1.76. The number of carbonyl (C=O) groups is 1. The van der Waals surface area contributed by atoms with E-state index in [2.05, 4.69) is 25.2 Å². The molecule has 0 fully saturated rings. The lowest BCUT2D eigenvalue weighted by molar-refractivity contribution is -0.131. The maximum atomic E-state index is 11.8. The molecule has 0 spiro atoms. The van der Waals surface area contributed by atoms with E-state index in [-0.39, 0.29) is 24.2 Å². The molecule has 1 atom stereocenters. The van der Waals surface area contributed by atoms with Crippen LogP contribution in [0.15, 0.2) is 6.07 Å². The quantitative estimate of drug-likeness (QED) is 0.910. The van der Waals surface area contributed by atoms with Gasteiger partial charge in [0, 0.05) is 9.75 Å². The Balaban J connectivity index is 2.52. The average molecular weight is 269 g/mol. The molecule has 0 saturated heterocycles. The second-order valence-electron chi connectivity index (χ2n) is 5.56. The molecule has 3 nitrogen and oxygen atoms in total. The molecular weight excluding hydrogens is 246 g/mol. The van der Waals surface area contributed by atoms with Gasteiger partial charge in [0.15, 0.2) is 0 Å². The van der Waals surface area contributed by atoms with E-state index in [1.54, 1.807) is 11.3 Å². The number of amides is 1. The third kappa shape index (κ3) is 4.78. The van der Waals surface area contributed by atoms with E-state index in [1.165, 1.54) is 15.3 Å². The van der Waals surface area contributed by atoms with Crippen LogP contribution < -0.4 is 5.32 Å².